The zero-order valence-corrected chi connectivity index (χ0v) is 9.96. The van der Waals surface area contributed by atoms with Crippen LogP contribution in [0.5, 0.6) is 5.75 Å². The fourth-order valence-corrected chi connectivity index (χ4v) is 1.20. The molecule has 0 spiro atoms. The summed E-state index contributed by atoms with van der Waals surface area (Å²) in [6.45, 7) is 2.72. The van der Waals surface area contributed by atoms with Crippen LogP contribution in [0.4, 0.5) is 8.78 Å². The van der Waals surface area contributed by atoms with Crippen LogP contribution < -0.4 is 10.1 Å². The van der Waals surface area contributed by atoms with Gasteiger partial charge in [0.15, 0.2) is 0 Å². The van der Waals surface area contributed by atoms with E-state index in [1.807, 2.05) is 20.8 Å². The first-order valence-corrected chi connectivity index (χ1v) is 5.15. The van der Waals surface area contributed by atoms with Gasteiger partial charge in [-0.2, -0.15) is 8.78 Å². The molecule has 0 atom stereocenters. The average Bonchev–Trinajstić information content (AvgIpc) is 2.15. The molecule has 0 aliphatic carbocycles. The van der Waals surface area contributed by atoms with Crippen LogP contribution in [0.3, 0.4) is 0 Å². The second-order valence-electron chi connectivity index (χ2n) is 4.61. The van der Waals surface area contributed by atoms with Crippen molar-refractivity contribution in [1.82, 2.24) is 5.32 Å². The van der Waals surface area contributed by atoms with Crippen LogP contribution >= 0.6 is 0 Å². The molecule has 0 saturated heterocycles. The molecule has 1 aromatic carbocycles. The molecule has 0 unspecified atom stereocenters. The van der Waals surface area contributed by atoms with Gasteiger partial charge in [-0.05, 0) is 45.0 Å². The Hall–Kier alpha value is -1.65. The molecule has 0 bridgehead atoms. The normalized spacial score (nSPS) is 11.4. The summed E-state index contributed by atoms with van der Waals surface area (Å²) in [4.78, 5) is 11.7. The number of carbonyl (C=O) groups excluding carboxylic acids is 1. The summed E-state index contributed by atoms with van der Waals surface area (Å²) >= 11 is 0. The smallest absolute Gasteiger partial charge is 0.387 e. The molecule has 1 N–H and O–H groups in total. The van der Waals surface area contributed by atoms with E-state index in [-0.39, 0.29) is 17.2 Å². The molecule has 94 valence electrons. The zero-order chi connectivity index (χ0) is 13.1. The Bertz CT molecular complexity index is 382. The highest BCUT2D eigenvalue weighted by Gasteiger charge is 2.15. The molecule has 0 aromatic heterocycles. The van der Waals surface area contributed by atoms with Crippen molar-refractivity contribution < 1.29 is 18.3 Å². The molecule has 0 radical (unpaired) electrons. The Morgan fingerprint density at radius 1 is 1.24 bits per heavy atom. The third-order valence-corrected chi connectivity index (χ3v) is 1.83. The number of amides is 1. The van der Waals surface area contributed by atoms with Gasteiger partial charge in [0.05, 0.1) is 0 Å². The molecule has 1 rings (SSSR count). The maximum absolute atomic E-state index is 11.9. The maximum atomic E-state index is 11.9. The first kappa shape index (κ1) is 13.4. The van der Waals surface area contributed by atoms with Gasteiger partial charge >= 0.3 is 6.61 Å². The minimum absolute atomic E-state index is 0.0345. The Balaban J connectivity index is 2.71. The van der Waals surface area contributed by atoms with Gasteiger partial charge in [0.1, 0.15) is 5.75 Å². The molecule has 0 aliphatic heterocycles. The number of carbonyl (C=O) groups is 1. The molecule has 5 heteroatoms. The number of hydrogen-bond acceptors (Lipinski definition) is 2. The molecule has 3 nitrogen and oxygen atoms in total. The third kappa shape index (κ3) is 4.80. The van der Waals surface area contributed by atoms with Gasteiger partial charge in [-0.1, -0.05) is 0 Å². The molecule has 1 aromatic rings. The minimum atomic E-state index is -2.86. The number of benzene rings is 1. The van der Waals surface area contributed by atoms with E-state index in [4.69, 9.17) is 0 Å². The Morgan fingerprint density at radius 3 is 2.18 bits per heavy atom. The number of hydrogen-bond donors (Lipinski definition) is 1. The molecule has 17 heavy (non-hydrogen) atoms. The van der Waals surface area contributed by atoms with Crippen molar-refractivity contribution in [2.75, 3.05) is 0 Å². The van der Waals surface area contributed by atoms with E-state index in [2.05, 4.69) is 10.1 Å². The van der Waals surface area contributed by atoms with E-state index in [1.165, 1.54) is 24.3 Å². The van der Waals surface area contributed by atoms with E-state index >= 15 is 0 Å². The van der Waals surface area contributed by atoms with Crippen molar-refractivity contribution in [3.05, 3.63) is 29.8 Å². The molecular formula is C12H15F2NO2. The van der Waals surface area contributed by atoms with E-state index in [0.717, 1.165) is 0 Å². The van der Waals surface area contributed by atoms with Crippen LogP contribution in [0.15, 0.2) is 24.3 Å². The van der Waals surface area contributed by atoms with E-state index in [1.54, 1.807) is 0 Å². The molecule has 0 aliphatic rings. The van der Waals surface area contributed by atoms with Gasteiger partial charge in [0.2, 0.25) is 0 Å². The fourth-order valence-electron chi connectivity index (χ4n) is 1.20. The summed E-state index contributed by atoms with van der Waals surface area (Å²) in [6, 6.07) is 5.56. The molecule has 0 heterocycles. The van der Waals surface area contributed by atoms with Crippen molar-refractivity contribution >= 4 is 5.91 Å². The lowest BCUT2D eigenvalue weighted by Crippen LogP contribution is -2.40. The molecule has 0 saturated carbocycles. The van der Waals surface area contributed by atoms with Gasteiger partial charge in [0.25, 0.3) is 5.91 Å². The van der Waals surface area contributed by atoms with Crippen molar-refractivity contribution in [1.29, 1.82) is 0 Å². The topological polar surface area (TPSA) is 38.3 Å². The fraction of sp³-hybridized carbons (Fsp3) is 0.417. The average molecular weight is 243 g/mol. The monoisotopic (exact) mass is 243 g/mol. The number of halogens is 2. The van der Waals surface area contributed by atoms with Crippen LogP contribution in [-0.2, 0) is 0 Å². The molecular weight excluding hydrogens is 228 g/mol. The van der Waals surface area contributed by atoms with E-state index < -0.39 is 6.61 Å². The molecule has 1 amide bonds. The number of alkyl halides is 2. The number of nitrogens with one attached hydrogen (secondary N) is 1. The SMILES string of the molecule is CC(C)(C)NC(=O)c1ccc(OC(F)F)cc1. The Kier molecular flexibility index (Phi) is 4.04. The van der Waals surface area contributed by atoms with Crippen molar-refractivity contribution in [2.45, 2.75) is 32.9 Å². The second-order valence-corrected chi connectivity index (χ2v) is 4.61. The van der Waals surface area contributed by atoms with Crippen molar-refractivity contribution in [3.63, 3.8) is 0 Å². The van der Waals surface area contributed by atoms with E-state index in [9.17, 15) is 13.6 Å². The lowest BCUT2D eigenvalue weighted by atomic mass is 10.1. The quantitative estimate of drug-likeness (QED) is 0.886. The van der Waals surface area contributed by atoms with Crippen LogP contribution in [0.2, 0.25) is 0 Å². The summed E-state index contributed by atoms with van der Waals surface area (Å²) in [7, 11) is 0. The number of rotatable bonds is 3. The second kappa shape index (κ2) is 5.12. The minimum Gasteiger partial charge on any atom is -0.435 e. The van der Waals surface area contributed by atoms with Crippen molar-refractivity contribution in [3.8, 4) is 5.75 Å². The lowest BCUT2D eigenvalue weighted by Gasteiger charge is -2.20. The standard InChI is InChI=1S/C12H15F2NO2/c1-12(2,3)15-10(16)8-4-6-9(7-5-8)17-11(13)14/h4-7,11H,1-3H3,(H,15,16). The van der Waals surface area contributed by atoms with Gasteiger partial charge in [0, 0.05) is 11.1 Å². The van der Waals surface area contributed by atoms with Gasteiger partial charge in [-0.25, -0.2) is 0 Å². The highest BCUT2D eigenvalue weighted by Crippen LogP contribution is 2.15. The van der Waals surface area contributed by atoms with Gasteiger partial charge < -0.3 is 10.1 Å². The summed E-state index contributed by atoms with van der Waals surface area (Å²) < 4.78 is 28.0. The van der Waals surface area contributed by atoms with Crippen LogP contribution in [0, 0.1) is 0 Å². The molecule has 0 fully saturated rings. The summed E-state index contributed by atoms with van der Waals surface area (Å²) in [6.07, 6.45) is 0. The van der Waals surface area contributed by atoms with E-state index in [0.29, 0.717) is 5.56 Å². The van der Waals surface area contributed by atoms with Gasteiger partial charge in [-0.3, -0.25) is 4.79 Å². The Labute approximate surface area is 98.8 Å². The zero-order valence-electron chi connectivity index (χ0n) is 9.96. The van der Waals surface area contributed by atoms with Crippen LogP contribution in [-0.4, -0.2) is 18.1 Å². The highest BCUT2D eigenvalue weighted by molar-refractivity contribution is 5.94. The third-order valence-electron chi connectivity index (χ3n) is 1.83. The first-order valence-electron chi connectivity index (χ1n) is 5.15. The Morgan fingerprint density at radius 2 is 1.76 bits per heavy atom. The van der Waals surface area contributed by atoms with Crippen LogP contribution in [0.1, 0.15) is 31.1 Å². The largest absolute Gasteiger partial charge is 0.435 e. The first-order chi connectivity index (χ1) is 7.78. The lowest BCUT2D eigenvalue weighted by molar-refractivity contribution is -0.0498. The number of ether oxygens (including phenoxy) is 1. The predicted molar refractivity (Wildman–Crippen MR) is 60.3 cm³/mol. The highest BCUT2D eigenvalue weighted by atomic mass is 19.3. The van der Waals surface area contributed by atoms with Gasteiger partial charge in [-0.15, -0.1) is 0 Å². The predicted octanol–water partition coefficient (Wildman–Crippen LogP) is 2.82. The summed E-state index contributed by atoms with van der Waals surface area (Å²) in [5, 5.41) is 2.77. The van der Waals surface area contributed by atoms with Crippen LogP contribution in [0.25, 0.3) is 0 Å². The van der Waals surface area contributed by atoms with Crippen molar-refractivity contribution in [2.24, 2.45) is 0 Å². The maximum Gasteiger partial charge on any atom is 0.387 e. The summed E-state index contributed by atoms with van der Waals surface area (Å²) in [5.74, 6) is -0.214. The summed E-state index contributed by atoms with van der Waals surface area (Å²) in [5.41, 5.74) is 0.0661.